The summed E-state index contributed by atoms with van der Waals surface area (Å²) in [7, 11) is 0. The summed E-state index contributed by atoms with van der Waals surface area (Å²) in [6.07, 6.45) is 4.50. The molecule has 1 amide bonds. The van der Waals surface area contributed by atoms with Gasteiger partial charge in [0.1, 0.15) is 5.82 Å². The molecule has 1 aromatic heterocycles. The smallest absolute Gasteiger partial charge is 0.252 e. The highest BCUT2D eigenvalue weighted by Gasteiger charge is 2.10. The Labute approximate surface area is 156 Å². The molecule has 0 bridgehead atoms. The standard InChI is InChI=1S/C19H17Cl2N3O/c20-15-7-8-17(21)16(13-15)19(25)23-9-4-11-24-12-10-22-18(24)14-5-2-1-3-6-14/h1-3,5-8,10,12-13H,4,9,11H2,(H,23,25). The predicted molar refractivity (Wildman–Crippen MR) is 101 cm³/mol. The van der Waals surface area contributed by atoms with E-state index in [9.17, 15) is 4.79 Å². The molecule has 0 aliphatic rings. The van der Waals surface area contributed by atoms with Crippen molar-refractivity contribution in [2.75, 3.05) is 6.54 Å². The molecule has 0 unspecified atom stereocenters. The number of imidazole rings is 1. The minimum Gasteiger partial charge on any atom is -0.352 e. The predicted octanol–water partition coefficient (Wildman–Crippen LogP) is 4.68. The van der Waals surface area contributed by atoms with Crippen LogP contribution in [0.3, 0.4) is 0 Å². The summed E-state index contributed by atoms with van der Waals surface area (Å²) < 4.78 is 2.08. The van der Waals surface area contributed by atoms with Crippen LogP contribution in [0.1, 0.15) is 16.8 Å². The molecule has 2 aromatic carbocycles. The molecule has 0 radical (unpaired) electrons. The van der Waals surface area contributed by atoms with Gasteiger partial charge in [-0.25, -0.2) is 4.98 Å². The lowest BCUT2D eigenvalue weighted by Gasteiger charge is -2.10. The molecule has 4 nitrogen and oxygen atoms in total. The zero-order chi connectivity index (χ0) is 17.6. The molecule has 0 saturated carbocycles. The lowest BCUT2D eigenvalue weighted by Crippen LogP contribution is -2.25. The van der Waals surface area contributed by atoms with Crippen LogP contribution in [-0.4, -0.2) is 22.0 Å². The van der Waals surface area contributed by atoms with Gasteiger partial charge in [-0.05, 0) is 24.6 Å². The summed E-state index contributed by atoms with van der Waals surface area (Å²) >= 11 is 12.0. The molecule has 0 spiro atoms. The van der Waals surface area contributed by atoms with E-state index < -0.39 is 0 Å². The highest BCUT2D eigenvalue weighted by Crippen LogP contribution is 2.20. The maximum absolute atomic E-state index is 12.2. The van der Waals surface area contributed by atoms with Gasteiger partial charge >= 0.3 is 0 Å². The van der Waals surface area contributed by atoms with Gasteiger partial charge in [0.2, 0.25) is 0 Å². The normalized spacial score (nSPS) is 10.6. The molecule has 0 saturated heterocycles. The Bertz CT molecular complexity index is 862. The van der Waals surface area contributed by atoms with Gasteiger partial charge in [0.15, 0.2) is 0 Å². The van der Waals surface area contributed by atoms with Gasteiger partial charge < -0.3 is 9.88 Å². The molecule has 1 heterocycles. The van der Waals surface area contributed by atoms with E-state index >= 15 is 0 Å². The van der Waals surface area contributed by atoms with Crippen molar-refractivity contribution >= 4 is 29.1 Å². The number of aromatic nitrogens is 2. The summed E-state index contributed by atoms with van der Waals surface area (Å²) in [5.74, 6) is 0.700. The number of rotatable bonds is 6. The van der Waals surface area contributed by atoms with Crippen LogP contribution in [0.25, 0.3) is 11.4 Å². The number of benzene rings is 2. The van der Waals surface area contributed by atoms with E-state index in [-0.39, 0.29) is 5.91 Å². The van der Waals surface area contributed by atoms with Crippen molar-refractivity contribution in [2.45, 2.75) is 13.0 Å². The van der Waals surface area contributed by atoms with Crippen LogP contribution in [0, 0.1) is 0 Å². The molecular formula is C19H17Cl2N3O. The van der Waals surface area contributed by atoms with E-state index in [1.807, 2.05) is 36.5 Å². The van der Waals surface area contributed by atoms with Crippen molar-refractivity contribution in [1.82, 2.24) is 14.9 Å². The molecule has 3 aromatic rings. The number of nitrogens with zero attached hydrogens (tertiary/aromatic N) is 2. The third-order valence-corrected chi connectivity index (χ3v) is 4.35. The third-order valence-electron chi connectivity index (χ3n) is 3.78. The first-order valence-electron chi connectivity index (χ1n) is 7.95. The van der Waals surface area contributed by atoms with Crippen LogP contribution in [0.15, 0.2) is 60.9 Å². The molecule has 3 rings (SSSR count). The number of hydrogen-bond acceptors (Lipinski definition) is 2. The first-order chi connectivity index (χ1) is 12.1. The quantitative estimate of drug-likeness (QED) is 0.637. The lowest BCUT2D eigenvalue weighted by atomic mass is 10.2. The molecule has 0 fully saturated rings. The van der Waals surface area contributed by atoms with Crippen LogP contribution in [0.5, 0.6) is 0 Å². The average molecular weight is 374 g/mol. The molecule has 6 heteroatoms. The van der Waals surface area contributed by atoms with Crippen molar-refractivity contribution in [1.29, 1.82) is 0 Å². The number of aryl methyl sites for hydroxylation is 1. The fraction of sp³-hybridized carbons (Fsp3) is 0.158. The number of amides is 1. The van der Waals surface area contributed by atoms with Gasteiger partial charge in [-0.15, -0.1) is 0 Å². The van der Waals surface area contributed by atoms with Gasteiger partial charge in [0, 0.05) is 36.1 Å². The van der Waals surface area contributed by atoms with Gasteiger partial charge in [-0.2, -0.15) is 0 Å². The Morgan fingerprint density at radius 1 is 1.12 bits per heavy atom. The molecule has 0 aliphatic carbocycles. The van der Waals surface area contributed by atoms with E-state index in [2.05, 4.69) is 14.9 Å². The second-order valence-corrected chi connectivity index (χ2v) is 6.39. The number of carbonyl (C=O) groups excluding carboxylic acids is 1. The van der Waals surface area contributed by atoms with Gasteiger partial charge in [-0.3, -0.25) is 4.79 Å². The van der Waals surface area contributed by atoms with Crippen molar-refractivity contribution in [3.8, 4) is 11.4 Å². The van der Waals surface area contributed by atoms with Crippen LogP contribution in [0.2, 0.25) is 10.0 Å². The zero-order valence-corrected chi connectivity index (χ0v) is 15.0. The maximum Gasteiger partial charge on any atom is 0.252 e. The Morgan fingerprint density at radius 2 is 1.92 bits per heavy atom. The fourth-order valence-corrected chi connectivity index (χ4v) is 2.93. The number of halogens is 2. The molecule has 0 aliphatic heterocycles. The molecule has 128 valence electrons. The monoisotopic (exact) mass is 373 g/mol. The van der Waals surface area contributed by atoms with Gasteiger partial charge in [0.05, 0.1) is 10.6 Å². The molecule has 1 N–H and O–H groups in total. The van der Waals surface area contributed by atoms with E-state index in [1.165, 1.54) is 0 Å². The Balaban J connectivity index is 1.55. The SMILES string of the molecule is O=C(NCCCn1ccnc1-c1ccccc1)c1cc(Cl)ccc1Cl. The van der Waals surface area contributed by atoms with E-state index in [1.54, 1.807) is 24.4 Å². The highest BCUT2D eigenvalue weighted by atomic mass is 35.5. The summed E-state index contributed by atoms with van der Waals surface area (Å²) in [6.45, 7) is 1.29. The van der Waals surface area contributed by atoms with E-state index in [4.69, 9.17) is 23.2 Å². The summed E-state index contributed by atoms with van der Waals surface area (Å²) in [5, 5.41) is 3.75. The lowest BCUT2D eigenvalue weighted by molar-refractivity contribution is 0.0953. The first-order valence-corrected chi connectivity index (χ1v) is 8.70. The van der Waals surface area contributed by atoms with Crippen molar-refractivity contribution in [2.24, 2.45) is 0 Å². The number of carbonyl (C=O) groups is 1. The largest absolute Gasteiger partial charge is 0.352 e. The van der Waals surface area contributed by atoms with Crippen LogP contribution < -0.4 is 5.32 Å². The topological polar surface area (TPSA) is 46.9 Å². The van der Waals surface area contributed by atoms with Crippen LogP contribution >= 0.6 is 23.2 Å². The van der Waals surface area contributed by atoms with Gasteiger partial charge in [0.25, 0.3) is 5.91 Å². The van der Waals surface area contributed by atoms with Crippen LogP contribution in [-0.2, 0) is 6.54 Å². The van der Waals surface area contributed by atoms with Crippen molar-refractivity contribution in [3.05, 3.63) is 76.5 Å². The zero-order valence-electron chi connectivity index (χ0n) is 13.5. The maximum atomic E-state index is 12.2. The summed E-state index contributed by atoms with van der Waals surface area (Å²) in [4.78, 5) is 16.6. The van der Waals surface area contributed by atoms with Crippen LogP contribution in [0.4, 0.5) is 0 Å². The van der Waals surface area contributed by atoms with Crippen molar-refractivity contribution in [3.63, 3.8) is 0 Å². The molecule has 25 heavy (non-hydrogen) atoms. The number of nitrogens with one attached hydrogen (secondary N) is 1. The minimum absolute atomic E-state index is 0.221. The Hall–Kier alpha value is -2.30. The minimum atomic E-state index is -0.221. The number of hydrogen-bond donors (Lipinski definition) is 1. The third kappa shape index (κ3) is 4.41. The van der Waals surface area contributed by atoms with E-state index in [0.29, 0.717) is 22.2 Å². The fourth-order valence-electron chi connectivity index (χ4n) is 2.56. The summed E-state index contributed by atoms with van der Waals surface area (Å²) in [6, 6.07) is 14.9. The van der Waals surface area contributed by atoms with E-state index in [0.717, 1.165) is 24.4 Å². The second kappa shape index (κ2) is 8.19. The second-order valence-electron chi connectivity index (χ2n) is 5.54. The first kappa shape index (κ1) is 17.5. The molecular weight excluding hydrogens is 357 g/mol. The van der Waals surface area contributed by atoms with Crippen molar-refractivity contribution < 1.29 is 4.79 Å². The Morgan fingerprint density at radius 3 is 2.72 bits per heavy atom. The van der Waals surface area contributed by atoms with Gasteiger partial charge in [-0.1, -0.05) is 53.5 Å². The summed E-state index contributed by atoms with van der Waals surface area (Å²) in [5.41, 5.74) is 1.46. The Kier molecular flexibility index (Phi) is 5.74. The molecule has 0 atom stereocenters. The average Bonchev–Trinajstić information content (AvgIpc) is 3.10. The highest BCUT2D eigenvalue weighted by molar-refractivity contribution is 6.35.